The molecule has 9 nitrogen and oxygen atoms in total. The Kier molecular flexibility index (Phi) is 8.19. The monoisotopic (exact) mass is 474 g/mol. The summed E-state index contributed by atoms with van der Waals surface area (Å²) in [5.41, 5.74) is 0.819. The number of anilines is 1. The van der Waals surface area contributed by atoms with Gasteiger partial charge in [0.25, 0.3) is 5.56 Å². The summed E-state index contributed by atoms with van der Waals surface area (Å²) < 4.78 is 33.6. The third-order valence-corrected chi connectivity index (χ3v) is 5.03. The van der Waals surface area contributed by atoms with Crippen molar-refractivity contribution >= 4 is 34.8 Å². The quantitative estimate of drug-likeness (QED) is 0.352. The number of carboxylic acid groups (broad SMARTS) is 1. The van der Waals surface area contributed by atoms with Gasteiger partial charge in [-0.1, -0.05) is 38.5 Å². The lowest BCUT2D eigenvalue weighted by Gasteiger charge is -2.28. The Morgan fingerprint density at radius 3 is 2.31 bits per heavy atom. The van der Waals surface area contributed by atoms with E-state index in [1.165, 1.54) is 11.8 Å². The summed E-state index contributed by atoms with van der Waals surface area (Å²) in [7, 11) is 0. The molecule has 3 N–H and O–H groups in total. The van der Waals surface area contributed by atoms with Crippen LogP contribution in [0.4, 0.5) is 19.1 Å². The van der Waals surface area contributed by atoms with Crippen LogP contribution in [0, 0.1) is 11.8 Å². The predicted octanol–water partition coefficient (Wildman–Crippen LogP) is 2.08. The molecule has 3 rings (SSSR count). The minimum Gasteiger partial charge on any atom is -0.475 e. The summed E-state index contributed by atoms with van der Waals surface area (Å²) >= 11 is 1.53. The third-order valence-electron chi connectivity index (χ3n) is 4.03. The van der Waals surface area contributed by atoms with Gasteiger partial charge in [-0.3, -0.25) is 14.3 Å². The van der Waals surface area contributed by atoms with Crippen LogP contribution in [0.1, 0.15) is 27.7 Å². The van der Waals surface area contributed by atoms with Gasteiger partial charge >= 0.3 is 12.1 Å². The molecule has 0 aliphatic carbocycles. The first-order valence-electron chi connectivity index (χ1n) is 9.68. The Morgan fingerprint density at radius 2 is 1.81 bits per heavy atom. The number of aliphatic carboxylic acids is 1. The van der Waals surface area contributed by atoms with E-state index >= 15 is 0 Å². The molecular formula is C19H25F3N6O3S. The van der Waals surface area contributed by atoms with Crippen molar-refractivity contribution in [1.82, 2.24) is 24.8 Å². The number of aromatic amines is 1. The maximum Gasteiger partial charge on any atom is 0.490 e. The van der Waals surface area contributed by atoms with Crippen molar-refractivity contribution in [3.8, 4) is 11.8 Å². The van der Waals surface area contributed by atoms with Crippen LogP contribution in [-0.2, 0) is 11.3 Å². The molecular weight excluding hydrogens is 449 g/mol. The first kappa shape index (κ1) is 25.5. The number of aromatic nitrogens is 4. The van der Waals surface area contributed by atoms with Gasteiger partial charge < -0.3 is 15.3 Å². The highest BCUT2D eigenvalue weighted by molar-refractivity contribution is 8.00. The minimum absolute atomic E-state index is 0.0404. The largest absolute Gasteiger partial charge is 0.490 e. The second kappa shape index (κ2) is 10.3. The minimum atomic E-state index is -5.08. The normalized spacial score (nSPS) is 14.4. The molecule has 2 aromatic rings. The van der Waals surface area contributed by atoms with Crippen molar-refractivity contribution in [3.05, 3.63) is 10.4 Å². The molecule has 0 bridgehead atoms. The molecule has 1 saturated heterocycles. The van der Waals surface area contributed by atoms with E-state index in [1.807, 2.05) is 4.57 Å². The fraction of sp³-hybridized carbons (Fsp3) is 0.579. The van der Waals surface area contributed by atoms with E-state index < -0.39 is 12.1 Å². The zero-order chi connectivity index (χ0) is 24.1. The average molecular weight is 475 g/mol. The Morgan fingerprint density at radius 1 is 1.22 bits per heavy atom. The number of nitrogens with one attached hydrogen (secondary N) is 2. The van der Waals surface area contributed by atoms with E-state index in [9.17, 15) is 18.0 Å². The van der Waals surface area contributed by atoms with Crippen molar-refractivity contribution in [2.24, 2.45) is 0 Å². The number of hydrogen-bond donors (Lipinski definition) is 3. The van der Waals surface area contributed by atoms with Gasteiger partial charge in [0.2, 0.25) is 5.95 Å². The van der Waals surface area contributed by atoms with E-state index in [2.05, 4.69) is 57.8 Å². The number of piperazine rings is 1. The Hall–Kier alpha value is -2.72. The predicted molar refractivity (Wildman–Crippen MR) is 116 cm³/mol. The fourth-order valence-electron chi connectivity index (χ4n) is 2.76. The number of nitrogens with zero attached hydrogens (tertiary/aromatic N) is 4. The molecule has 2 aromatic heterocycles. The number of halogens is 3. The zero-order valence-electron chi connectivity index (χ0n) is 18.1. The molecule has 0 amide bonds. The van der Waals surface area contributed by atoms with Crippen LogP contribution in [0.15, 0.2) is 9.95 Å². The number of hydrogen-bond acceptors (Lipinski definition) is 7. The van der Waals surface area contributed by atoms with E-state index in [0.29, 0.717) is 22.9 Å². The number of alkyl halides is 3. The first-order valence-corrected chi connectivity index (χ1v) is 10.5. The van der Waals surface area contributed by atoms with Gasteiger partial charge in [-0.25, -0.2) is 9.78 Å². The molecule has 1 aliphatic rings. The summed E-state index contributed by atoms with van der Waals surface area (Å²) in [6.07, 6.45) is -5.08. The number of carbonyl (C=O) groups is 1. The lowest BCUT2D eigenvalue weighted by atomic mass is 10.3. The number of rotatable bonds is 3. The molecule has 3 heterocycles. The van der Waals surface area contributed by atoms with Crippen LogP contribution in [0.25, 0.3) is 11.2 Å². The second-order valence-corrected chi connectivity index (χ2v) is 9.54. The lowest BCUT2D eigenvalue weighted by molar-refractivity contribution is -0.192. The second-order valence-electron chi connectivity index (χ2n) is 7.72. The lowest BCUT2D eigenvalue weighted by Crippen LogP contribution is -2.44. The van der Waals surface area contributed by atoms with Crippen molar-refractivity contribution in [2.45, 2.75) is 50.3 Å². The van der Waals surface area contributed by atoms with Gasteiger partial charge in [0.1, 0.15) is 0 Å². The van der Waals surface area contributed by atoms with E-state index in [4.69, 9.17) is 9.90 Å². The van der Waals surface area contributed by atoms with Gasteiger partial charge in [0, 0.05) is 30.9 Å². The van der Waals surface area contributed by atoms with Crippen LogP contribution < -0.4 is 15.8 Å². The van der Waals surface area contributed by atoms with Gasteiger partial charge in [0.05, 0.1) is 6.54 Å². The topological polar surface area (TPSA) is 116 Å². The van der Waals surface area contributed by atoms with Crippen LogP contribution in [0.2, 0.25) is 0 Å². The Balaban J connectivity index is 0.000000451. The molecule has 13 heteroatoms. The van der Waals surface area contributed by atoms with Gasteiger partial charge in [-0.15, -0.1) is 5.92 Å². The number of H-pyrrole nitrogens is 1. The third kappa shape index (κ3) is 6.89. The molecule has 32 heavy (non-hydrogen) atoms. The van der Waals surface area contributed by atoms with Crippen molar-refractivity contribution in [2.75, 3.05) is 31.1 Å². The summed E-state index contributed by atoms with van der Waals surface area (Å²) in [6, 6.07) is 0. The summed E-state index contributed by atoms with van der Waals surface area (Å²) in [6.45, 7) is 12.0. The molecule has 0 radical (unpaired) electrons. The number of thioether (sulfide) groups is 1. The number of imidazole rings is 1. The van der Waals surface area contributed by atoms with Crippen LogP contribution in [-0.4, -0.2) is 67.7 Å². The van der Waals surface area contributed by atoms with Gasteiger partial charge in [0.15, 0.2) is 16.3 Å². The molecule has 0 aromatic carbocycles. The van der Waals surface area contributed by atoms with E-state index in [1.54, 1.807) is 6.92 Å². The molecule has 0 atom stereocenters. The SMILES string of the molecule is CC#CCn1c(N2CCNCC2)nc2nc(SC(C)(C)C)[nH]c(=O)c21.O=C(O)C(F)(F)F. The standard InChI is InChI=1S/C17H24N6OS.C2HF3O2/c1-5-6-9-23-12-13(20-16(23)22-10-7-18-8-11-22)19-15(21-14(12)24)25-17(2,3)4;3-2(4,5)1(6)7/h18H,7-11H2,1-4H3,(H,19,21,24);(H,6,7). The fourth-order valence-corrected chi connectivity index (χ4v) is 3.62. The summed E-state index contributed by atoms with van der Waals surface area (Å²) in [4.78, 5) is 36.0. The highest BCUT2D eigenvalue weighted by atomic mass is 32.2. The van der Waals surface area contributed by atoms with Crippen molar-refractivity contribution < 1.29 is 23.1 Å². The van der Waals surface area contributed by atoms with Crippen LogP contribution >= 0.6 is 11.8 Å². The number of carboxylic acids is 1. The number of fused-ring (bicyclic) bond motifs is 1. The van der Waals surface area contributed by atoms with Crippen LogP contribution in [0.3, 0.4) is 0 Å². The maximum absolute atomic E-state index is 12.7. The highest BCUT2D eigenvalue weighted by Gasteiger charge is 2.38. The Labute approximate surface area is 186 Å². The molecule has 0 saturated carbocycles. The zero-order valence-corrected chi connectivity index (χ0v) is 18.9. The van der Waals surface area contributed by atoms with E-state index in [0.717, 1.165) is 32.1 Å². The first-order chi connectivity index (χ1) is 14.8. The molecule has 1 fully saturated rings. The Bertz CT molecular complexity index is 1070. The molecule has 176 valence electrons. The summed E-state index contributed by atoms with van der Waals surface area (Å²) in [5, 5.41) is 11.1. The molecule has 0 spiro atoms. The maximum atomic E-state index is 12.7. The van der Waals surface area contributed by atoms with Crippen LogP contribution in [0.5, 0.6) is 0 Å². The van der Waals surface area contributed by atoms with Gasteiger partial charge in [-0.05, 0) is 6.92 Å². The summed E-state index contributed by atoms with van der Waals surface area (Å²) in [5.74, 6) is 3.96. The van der Waals surface area contributed by atoms with Crippen molar-refractivity contribution in [3.63, 3.8) is 0 Å². The molecule has 0 unspecified atom stereocenters. The van der Waals surface area contributed by atoms with Crippen molar-refractivity contribution in [1.29, 1.82) is 0 Å². The molecule has 1 aliphatic heterocycles. The average Bonchev–Trinajstić information content (AvgIpc) is 3.04. The smallest absolute Gasteiger partial charge is 0.475 e. The van der Waals surface area contributed by atoms with E-state index in [-0.39, 0.29) is 10.3 Å². The van der Waals surface area contributed by atoms with Gasteiger partial charge in [-0.2, -0.15) is 18.2 Å². The highest BCUT2D eigenvalue weighted by Crippen LogP contribution is 2.29.